The van der Waals surface area contributed by atoms with Crippen LogP contribution < -0.4 is 15.4 Å². The van der Waals surface area contributed by atoms with E-state index < -0.39 is 0 Å². The van der Waals surface area contributed by atoms with E-state index in [1.165, 1.54) is 0 Å². The van der Waals surface area contributed by atoms with E-state index in [-0.39, 0.29) is 24.5 Å². The van der Waals surface area contributed by atoms with Crippen LogP contribution in [0, 0.1) is 0 Å². The van der Waals surface area contributed by atoms with Gasteiger partial charge in [0, 0.05) is 6.54 Å². The van der Waals surface area contributed by atoms with E-state index in [9.17, 15) is 9.59 Å². The van der Waals surface area contributed by atoms with E-state index >= 15 is 0 Å². The molecule has 0 aliphatic carbocycles. The molecule has 1 fully saturated rings. The monoisotopic (exact) mass is 351 g/mol. The van der Waals surface area contributed by atoms with E-state index in [0.717, 1.165) is 44.5 Å². The summed E-state index contributed by atoms with van der Waals surface area (Å²) in [6.07, 6.45) is 7.11. The molecule has 8 nitrogen and oxygen atoms in total. The number of unbranched alkanes of at least 4 members (excludes halogenated alkanes) is 4. The molecule has 8 heteroatoms. The summed E-state index contributed by atoms with van der Waals surface area (Å²) in [5, 5.41) is 5.75. The molecule has 0 aromatic carbocycles. The lowest BCUT2D eigenvalue weighted by Crippen LogP contribution is -2.29. The van der Waals surface area contributed by atoms with Crippen molar-refractivity contribution in [2.24, 2.45) is 0 Å². The number of hydrogen-bond donors (Lipinski definition) is 3. The van der Waals surface area contributed by atoms with Gasteiger partial charge in [0.05, 0.1) is 18.8 Å². The molecule has 1 aliphatic rings. The third kappa shape index (κ3) is 6.38. The number of nitrogens with one attached hydrogen (secondary N) is 3. The minimum absolute atomic E-state index is 0.167. The van der Waals surface area contributed by atoms with Crippen molar-refractivity contribution in [3.8, 4) is 5.88 Å². The summed E-state index contributed by atoms with van der Waals surface area (Å²) in [6, 6.07) is -0.0889. The minimum atomic E-state index is -0.256. The number of rotatable bonds is 12. The number of carbonyl (C=O) groups excluding carboxylic acids is 2. The molecule has 1 atom stereocenters. The number of hydrogen-bond acceptors (Lipinski definition) is 5. The average molecular weight is 351 g/mol. The molecule has 140 valence electrons. The molecule has 0 bridgehead atoms. The maximum Gasteiger partial charge on any atom is 0.324 e. The summed E-state index contributed by atoms with van der Waals surface area (Å²) in [7, 11) is 0. The molecule has 1 aliphatic heterocycles. The second-order valence-corrected chi connectivity index (χ2v) is 6.28. The Balaban J connectivity index is 1.47. The highest BCUT2D eigenvalue weighted by Gasteiger charge is 2.25. The van der Waals surface area contributed by atoms with Crippen molar-refractivity contribution in [2.75, 3.05) is 26.2 Å². The standard InChI is InChI=1S/C17H29N5O3/c1-3-25-15-11-19-16(21-15)13(2)18-9-7-5-4-6-8-10-22-12-14(23)20-17(22)24/h11,13,18H,3-10,12H2,1-2H3,(H,19,21)(H,20,23,24). The lowest BCUT2D eigenvalue weighted by atomic mass is 10.1. The summed E-state index contributed by atoms with van der Waals surface area (Å²) in [5.41, 5.74) is 0. The number of imide groups is 1. The Morgan fingerprint density at radius 2 is 2.04 bits per heavy atom. The van der Waals surface area contributed by atoms with Crippen molar-refractivity contribution in [1.29, 1.82) is 0 Å². The van der Waals surface area contributed by atoms with Gasteiger partial charge < -0.3 is 19.9 Å². The third-order valence-electron chi connectivity index (χ3n) is 4.21. The number of ether oxygens (including phenoxy) is 1. The number of imidazole rings is 1. The zero-order chi connectivity index (χ0) is 18.1. The number of urea groups is 1. The van der Waals surface area contributed by atoms with Crippen LogP contribution in [-0.2, 0) is 4.79 Å². The highest BCUT2D eigenvalue weighted by molar-refractivity contribution is 6.01. The Kier molecular flexibility index (Phi) is 7.72. The topological polar surface area (TPSA) is 99.3 Å². The molecule has 0 radical (unpaired) electrons. The number of nitrogens with zero attached hydrogens (tertiary/aromatic N) is 2. The SMILES string of the molecule is CCOc1cnc(C(C)NCCCCCCCN2CC(=O)NC2=O)[nH]1. The first-order valence-corrected chi connectivity index (χ1v) is 9.10. The van der Waals surface area contributed by atoms with Crippen LogP contribution in [0.15, 0.2) is 6.20 Å². The summed E-state index contributed by atoms with van der Waals surface area (Å²) >= 11 is 0. The fourth-order valence-corrected chi connectivity index (χ4v) is 2.80. The van der Waals surface area contributed by atoms with Crippen LogP contribution in [0.25, 0.3) is 0 Å². The molecule has 0 saturated carbocycles. The van der Waals surface area contributed by atoms with Gasteiger partial charge in [0.1, 0.15) is 12.4 Å². The van der Waals surface area contributed by atoms with Gasteiger partial charge in [-0.1, -0.05) is 19.3 Å². The van der Waals surface area contributed by atoms with Gasteiger partial charge in [-0.25, -0.2) is 9.78 Å². The van der Waals surface area contributed by atoms with Crippen molar-refractivity contribution in [3.63, 3.8) is 0 Å². The molecule has 2 rings (SSSR count). The summed E-state index contributed by atoms with van der Waals surface area (Å²) in [6.45, 7) is 6.46. The smallest absolute Gasteiger partial charge is 0.324 e. The summed E-state index contributed by atoms with van der Waals surface area (Å²) in [4.78, 5) is 31.5. The minimum Gasteiger partial charge on any atom is -0.478 e. The normalized spacial score (nSPS) is 15.5. The van der Waals surface area contributed by atoms with Crippen LogP contribution in [0.1, 0.15) is 57.8 Å². The van der Waals surface area contributed by atoms with Crippen LogP contribution >= 0.6 is 0 Å². The van der Waals surface area contributed by atoms with Crippen molar-refractivity contribution in [3.05, 3.63) is 12.0 Å². The van der Waals surface area contributed by atoms with Gasteiger partial charge in [-0.15, -0.1) is 0 Å². The zero-order valence-corrected chi connectivity index (χ0v) is 15.1. The molecule has 1 aromatic heterocycles. The fraction of sp³-hybridized carbons (Fsp3) is 0.706. The zero-order valence-electron chi connectivity index (χ0n) is 15.1. The van der Waals surface area contributed by atoms with E-state index in [0.29, 0.717) is 19.0 Å². The van der Waals surface area contributed by atoms with Gasteiger partial charge in [0.25, 0.3) is 0 Å². The van der Waals surface area contributed by atoms with E-state index in [2.05, 4.69) is 27.5 Å². The lowest BCUT2D eigenvalue weighted by Gasteiger charge is -2.13. The Morgan fingerprint density at radius 1 is 1.28 bits per heavy atom. The predicted molar refractivity (Wildman–Crippen MR) is 94.4 cm³/mol. The van der Waals surface area contributed by atoms with Crippen LogP contribution in [0.2, 0.25) is 0 Å². The molecule has 3 N–H and O–H groups in total. The van der Waals surface area contributed by atoms with Gasteiger partial charge in [0.15, 0.2) is 0 Å². The number of H-pyrrole nitrogens is 1. The molecule has 0 spiro atoms. The maximum atomic E-state index is 11.4. The summed E-state index contributed by atoms with van der Waals surface area (Å²) in [5.74, 6) is 1.40. The van der Waals surface area contributed by atoms with Crippen LogP contribution in [0.3, 0.4) is 0 Å². The van der Waals surface area contributed by atoms with Gasteiger partial charge in [0.2, 0.25) is 11.8 Å². The molecular weight excluding hydrogens is 322 g/mol. The molecule has 2 heterocycles. The van der Waals surface area contributed by atoms with Gasteiger partial charge >= 0.3 is 6.03 Å². The van der Waals surface area contributed by atoms with Crippen LogP contribution in [0.4, 0.5) is 4.79 Å². The molecular formula is C17H29N5O3. The molecule has 1 aromatic rings. The molecule has 3 amide bonds. The Morgan fingerprint density at radius 3 is 2.76 bits per heavy atom. The predicted octanol–water partition coefficient (Wildman–Crippen LogP) is 1.96. The average Bonchev–Trinajstić information content (AvgIpc) is 3.16. The Hall–Kier alpha value is -2.09. The van der Waals surface area contributed by atoms with E-state index in [1.807, 2.05) is 6.92 Å². The van der Waals surface area contributed by atoms with Crippen molar-refractivity contribution in [2.45, 2.75) is 52.0 Å². The van der Waals surface area contributed by atoms with Gasteiger partial charge in [-0.3, -0.25) is 10.1 Å². The highest BCUT2D eigenvalue weighted by Crippen LogP contribution is 2.13. The Bertz CT molecular complexity index is 560. The highest BCUT2D eigenvalue weighted by atomic mass is 16.5. The number of aromatic amines is 1. The van der Waals surface area contributed by atoms with Crippen molar-refractivity contribution in [1.82, 2.24) is 25.5 Å². The van der Waals surface area contributed by atoms with Crippen molar-refractivity contribution >= 4 is 11.9 Å². The summed E-state index contributed by atoms with van der Waals surface area (Å²) < 4.78 is 5.37. The number of amides is 3. The van der Waals surface area contributed by atoms with Crippen LogP contribution in [-0.4, -0.2) is 53.0 Å². The van der Waals surface area contributed by atoms with Crippen molar-refractivity contribution < 1.29 is 14.3 Å². The first kappa shape index (κ1) is 19.2. The second kappa shape index (κ2) is 10.0. The van der Waals surface area contributed by atoms with Gasteiger partial charge in [-0.05, 0) is 33.2 Å². The third-order valence-corrected chi connectivity index (χ3v) is 4.21. The first-order chi connectivity index (χ1) is 12.1. The molecule has 1 unspecified atom stereocenters. The van der Waals surface area contributed by atoms with E-state index in [1.54, 1.807) is 11.1 Å². The molecule has 25 heavy (non-hydrogen) atoms. The number of carbonyl (C=O) groups is 2. The molecule has 1 saturated heterocycles. The maximum absolute atomic E-state index is 11.4. The Labute approximate surface area is 148 Å². The quantitative estimate of drug-likeness (QED) is 0.395. The van der Waals surface area contributed by atoms with E-state index in [4.69, 9.17) is 4.74 Å². The van der Waals surface area contributed by atoms with Crippen LogP contribution in [0.5, 0.6) is 5.88 Å². The largest absolute Gasteiger partial charge is 0.478 e. The fourth-order valence-electron chi connectivity index (χ4n) is 2.80. The lowest BCUT2D eigenvalue weighted by molar-refractivity contribution is -0.118. The second-order valence-electron chi connectivity index (χ2n) is 6.28. The first-order valence-electron chi connectivity index (χ1n) is 9.10. The van der Waals surface area contributed by atoms with Gasteiger partial charge in [-0.2, -0.15) is 0 Å². The number of aromatic nitrogens is 2.